The standard InChI is InChI=1S/C33H30N6O6.C23H29N4O7PS.C18H20N6O4.C13H12N6O.BH.2H3N.U.V/c40-15-27-26(41)13-28(45-27)39-18-37-29-30(35-17-36-31(29)39)38-32(42)20-11-9-19(10-12-20)14-34-33(43)44-16-25-23-7-3-1-5-21(23)22-6-2-4-8-24(22)25;24-12-15-2-4-16(5-3-15)19(29)10-17-23-18(6-7-25-17)27(14-26-23)22-11-20(21(13-28)33-22)34-35(30,31)32-8-1-9-36;19-6-10-1-3-11(4-2-10)18(27)23-16-15-17(21-8-20-16)24(9-22-15)14-5-12(26)13(7-25)28-14;14-5-8-1-3-9(4-2-8)13(20)19-12-10-11(16-6-15-10)17-7-18-12;;;;;/h1-12,17-18,25-28,40-41H,13-16H2,(H,34,43)(H,35,36,38,42);2-7,14,20-22,28,30-31H,1,8-13,24H2;1-4,8-9,12-14,25-26H,5-7,19H2,(H,20,21,23,27);1-4,6-7H,5,14H2,(H2,15,16,17,18,19,20);1H;2*1H3;;/p+1/t26-,27?,28-;20-,21?,22-;12-,13?,14-;;;;;;/m111....../s1/i;;;;1D;;;;. The molecule has 3 saturated heterocycles. The number of ketones is 1. The normalized spacial score (nSPS) is 18.0. The number of aliphatic hydroxyl groups excluding tert-OH is 5. The van der Waals surface area contributed by atoms with Gasteiger partial charge in [0, 0.05) is 138 Å². The van der Waals surface area contributed by atoms with Gasteiger partial charge in [-0.15, -0.1) is 4.52 Å². The zero-order valence-corrected chi connectivity index (χ0v) is 79.2. The second-order valence-corrected chi connectivity index (χ2v) is 32.0. The van der Waals surface area contributed by atoms with Gasteiger partial charge in [-0.3, -0.25) is 33.3 Å². The summed E-state index contributed by atoms with van der Waals surface area (Å²) in [7, 11) is -0.336. The molecule has 0 bridgehead atoms. The van der Waals surface area contributed by atoms with E-state index in [0.29, 0.717) is 117 Å². The number of thiol groups is 1. The van der Waals surface area contributed by atoms with Crippen LogP contribution >= 0.6 is 20.8 Å². The first kappa shape index (κ1) is 103. The molecule has 42 nitrogen and oxygen atoms in total. The zero-order valence-electron chi connectivity index (χ0n) is 72.9. The molecule has 4 amide bonds. The van der Waals surface area contributed by atoms with Crippen molar-refractivity contribution in [2.24, 2.45) is 17.2 Å². The second-order valence-electron chi connectivity index (χ2n) is 30.1. The minimum Gasteiger partial charge on any atom is -0.449 e. The molecule has 3 unspecified atom stereocenters. The summed E-state index contributed by atoms with van der Waals surface area (Å²) >= 11 is 4.06. The maximum absolute atomic E-state index is 13.0. The Morgan fingerprint density at radius 1 is 0.545 bits per heavy atom. The molecule has 0 spiro atoms. The molecule has 134 heavy (non-hydrogen) atoms. The summed E-state index contributed by atoms with van der Waals surface area (Å²) < 4.78 is 43.7. The number of Topliss-reactive ketones (excluding diaryl/α,β-unsaturated/α-hetero) is 1. The van der Waals surface area contributed by atoms with Crippen LogP contribution in [0.1, 0.15) is 131 Å². The number of nitrogens with zero attached hydrogens (tertiary/aromatic N) is 14. The monoisotopic (exact) mass is 2130 g/mol. The quantitative estimate of drug-likeness (QED) is 0.00802. The van der Waals surface area contributed by atoms with E-state index in [9.17, 15) is 59.3 Å². The van der Waals surface area contributed by atoms with Crippen molar-refractivity contribution in [1.82, 2.24) is 91.1 Å². The Balaban J connectivity index is 0.000000190. The smallest absolute Gasteiger partial charge is 0.449 e. The number of aromatic amines is 1. The van der Waals surface area contributed by atoms with Crippen molar-refractivity contribution in [3.63, 3.8) is 0 Å². The van der Waals surface area contributed by atoms with Crippen LogP contribution in [0.3, 0.4) is 0 Å². The number of pyridine rings is 1. The van der Waals surface area contributed by atoms with Crippen LogP contribution in [-0.4, -0.2) is 224 Å². The number of rotatable bonds is 28. The van der Waals surface area contributed by atoms with Crippen molar-refractivity contribution in [2.75, 3.05) is 54.7 Å². The van der Waals surface area contributed by atoms with Gasteiger partial charge in [0.2, 0.25) is 0 Å². The molecule has 24 N–H and O–H groups in total. The molecule has 8 aromatic heterocycles. The number of anilines is 3. The number of carbonyl (C=O) groups is 5. The summed E-state index contributed by atoms with van der Waals surface area (Å²) in [6.07, 6.45) is 6.36. The van der Waals surface area contributed by atoms with Crippen molar-refractivity contribution in [3.8, 4) is 11.1 Å². The van der Waals surface area contributed by atoms with Gasteiger partial charge in [0.1, 0.15) is 86.3 Å². The fourth-order valence-electron chi connectivity index (χ4n) is 15.0. The third-order valence-electron chi connectivity index (χ3n) is 21.8. The molecule has 3 fully saturated rings. The first-order chi connectivity index (χ1) is 63.7. The summed E-state index contributed by atoms with van der Waals surface area (Å²) in [6.45, 7) is 0.848. The number of aromatic nitrogens is 15. The fourth-order valence-corrected chi connectivity index (χ4v) is 16.2. The molecular weight excluding hydrogens is 2030 g/mol. The van der Waals surface area contributed by atoms with E-state index >= 15 is 0 Å². The number of benzene rings is 6. The number of imidazole rings is 4. The van der Waals surface area contributed by atoms with Gasteiger partial charge < -0.3 is 105 Å². The van der Waals surface area contributed by atoms with Gasteiger partial charge >= 0.3 is 14.3 Å². The Hall–Kier alpha value is -11.3. The number of aliphatic hydroxyl groups is 5. The largest absolute Gasteiger partial charge is 0.570 e. The van der Waals surface area contributed by atoms with Gasteiger partial charge in [0.25, 0.3) is 17.7 Å². The van der Waals surface area contributed by atoms with Crippen LogP contribution in [-0.2, 0) is 79.2 Å². The number of ether oxygens (including phenoxy) is 4. The first-order valence-corrected chi connectivity index (χ1v) is 43.1. The number of carbonyl (C=O) groups excluding carboxylic acids is 5. The predicted octanol–water partition coefficient (Wildman–Crippen LogP) is 6.65. The van der Waals surface area contributed by atoms with E-state index in [1.807, 2.05) is 48.5 Å². The van der Waals surface area contributed by atoms with Gasteiger partial charge in [-0.1, -0.05) is 109 Å². The third-order valence-corrected chi connectivity index (χ3v) is 23.2. The van der Waals surface area contributed by atoms with Crippen molar-refractivity contribution < 1.29 is 137 Å². The van der Waals surface area contributed by atoms with Gasteiger partial charge in [-0.2, -0.15) is 26.9 Å². The molecule has 6 aromatic carbocycles. The maximum atomic E-state index is 13.0. The van der Waals surface area contributed by atoms with Gasteiger partial charge in [-0.05, 0) is 100 Å². The van der Waals surface area contributed by atoms with E-state index in [1.54, 1.807) is 105 Å². The minimum atomic E-state index is -4.09. The molecular formula is C87H99BN24O18PSUV+. The summed E-state index contributed by atoms with van der Waals surface area (Å²) in [5, 5.41) is 59.5. The van der Waals surface area contributed by atoms with Crippen molar-refractivity contribution in [1.29, 1.82) is 1.34 Å². The van der Waals surface area contributed by atoms with Crippen molar-refractivity contribution in [2.45, 2.75) is 120 Å². The fraction of sp³-hybridized carbons (Fsp3) is 0.287. The third kappa shape index (κ3) is 24.7. The Morgan fingerprint density at radius 3 is 1.49 bits per heavy atom. The van der Waals surface area contributed by atoms with E-state index in [-0.39, 0.29) is 156 Å². The van der Waals surface area contributed by atoms with Crippen LogP contribution in [0, 0.1) is 31.1 Å². The molecule has 14 aromatic rings. The average molecular weight is 2130 g/mol. The van der Waals surface area contributed by atoms with Gasteiger partial charge in [0.05, 0.1) is 75.0 Å². The van der Waals surface area contributed by atoms with Crippen LogP contribution in [0.25, 0.3) is 55.7 Å². The van der Waals surface area contributed by atoms with E-state index in [2.05, 4.69) is 126 Å². The Kier molecular flexibility index (Phi) is 37.6. The zero-order chi connectivity index (χ0) is 92.2. The van der Waals surface area contributed by atoms with Crippen molar-refractivity contribution >= 4 is 121 Å². The number of alkyl carbamates (subject to hydrolysis) is 1. The molecule has 697 valence electrons. The summed E-state index contributed by atoms with van der Waals surface area (Å²) in [6, 6.07) is 46.1. The number of hydrogen-bond acceptors (Lipinski definition) is 35. The number of amides is 4. The van der Waals surface area contributed by atoms with Crippen molar-refractivity contribution in [3.05, 3.63) is 263 Å². The molecule has 11 heterocycles. The molecule has 47 heteroatoms. The van der Waals surface area contributed by atoms with Gasteiger partial charge in [-0.25, -0.2) is 54.6 Å². The summed E-state index contributed by atoms with van der Waals surface area (Å²) in [5.74, 6) is 0.348. The Bertz CT molecular complexity index is 6250. The minimum absolute atomic E-state index is 0. The molecule has 3 radical (unpaired) electrons. The second kappa shape index (κ2) is 48.8. The Morgan fingerprint density at radius 2 is 0.993 bits per heavy atom. The van der Waals surface area contributed by atoms with Crippen LogP contribution in [0.4, 0.5) is 22.2 Å². The van der Waals surface area contributed by atoms with E-state index in [1.165, 1.54) is 49.1 Å². The first-order valence-electron chi connectivity index (χ1n) is 41.6. The van der Waals surface area contributed by atoms with E-state index in [4.69, 9.17) is 46.5 Å². The summed E-state index contributed by atoms with van der Waals surface area (Å²) in [5.41, 5.74) is 31.5. The average Bonchev–Trinajstić information content (AvgIpc) is 1.62. The molecule has 4 aliphatic rings. The number of nitrogens with two attached hydrogens (primary N) is 3. The van der Waals surface area contributed by atoms with E-state index < -0.39 is 75.5 Å². The van der Waals surface area contributed by atoms with Gasteiger partial charge in [0.15, 0.2) is 51.2 Å². The van der Waals surface area contributed by atoms with Crippen LogP contribution in [0.15, 0.2) is 202 Å². The number of nitrogens with one attached hydrogen (secondary N) is 5. The van der Waals surface area contributed by atoms with E-state index in [0.717, 1.165) is 33.4 Å². The van der Waals surface area contributed by atoms with Crippen LogP contribution < -0.4 is 50.8 Å². The summed E-state index contributed by atoms with van der Waals surface area (Å²) in [4.78, 5) is 133. The SMILES string of the molecule is N.N.NCc1ccc(C(=O)Cc2nccc3c2ncn3[C@H]2C[C@@H](O[P+](O)(O)OCCCS)C(CO)O2)cc1.NCc1ccc(C(=O)Nc2ncnc3c2ncn3[C@H]2C[C@@H](O)C(CO)O2)cc1.NCc1ccc(C(=O)Nc2ncnc3nc[nH]c23)cc1.O=C(NCc1ccc(C(=O)Nc2ncnc3c2ncn3[C@H]2C[C@@H](O)C(CO)O2)cc1)OCC1c2ccccc2-c2ccccc21.[2H][B].[U].[V]. The Labute approximate surface area is 810 Å². The molecule has 0 saturated carbocycles. The number of hydrogen-bond donors (Lipinski definition) is 18. The molecule has 3 aliphatic heterocycles. The molecule has 1 aliphatic carbocycles. The van der Waals surface area contributed by atoms with Crippen LogP contribution in [0.5, 0.6) is 0 Å². The van der Waals surface area contributed by atoms with Crippen LogP contribution in [0.2, 0.25) is 0 Å². The number of H-pyrrole nitrogens is 1. The number of fused-ring (bicyclic) bond motifs is 7. The molecule has 18 rings (SSSR count). The predicted molar refractivity (Wildman–Crippen MR) is 490 cm³/mol. The topological polar surface area (TPSA) is 651 Å². The molecule has 9 atom stereocenters. The maximum Gasteiger partial charge on any atom is 0.570 e.